The highest BCUT2D eigenvalue weighted by molar-refractivity contribution is 5.81. The SMILES string of the molecule is Cn1c(-c2ccc(N)c(O)c2)nc2cc(F)ccc21. The number of benzene rings is 2. The minimum Gasteiger partial charge on any atom is -0.506 e. The van der Waals surface area contributed by atoms with Gasteiger partial charge in [0.25, 0.3) is 0 Å². The number of hydrogen-bond acceptors (Lipinski definition) is 3. The molecule has 0 amide bonds. The highest BCUT2D eigenvalue weighted by atomic mass is 19.1. The predicted molar refractivity (Wildman–Crippen MR) is 72.2 cm³/mol. The zero-order valence-electron chi connectivity index (χ0n) is 10.3. The first-order valence-electron chi connectivity index (χ1n) is 5.77. The topological polar surface area (TPSA) is 64.1 Å². The lowest BCUT2D eigenvalue weighted by molar-refractivity contribution is 0.478. The van der Waals surface area contributed by atoms with Crippen LogP contribution in [-0.2, 0) is 7.05 Å². The average Bonchev–Trinajstić information content (AvgIpc) is 2.70. The number of rotatable bonds is 1. The quantitative estimate of drug-likeness (QED) is 0.520. The van der Waals surface area contributed by atoms with E-state index < -0.39 is 0 Å². The van der Waals surface area contributed by atoms with Gasteiger partial charge in [0.1, 0.15) is 17.4 Å². The lowest BCUT2D eigenvalue weighted by atomic mass is 10.2. The number of phenols is 1. The summed E-state index contributed by atoms with van der Waals surface area (Å²) in [6, 6.07) is 9.40. The van der Waals surface area contributed by atoms with Gasteiger partial charge in [0, 0.05) is 18.7 Å². The van der Waals surface area contributed by atoms with Gasteiger partial charge < -0.3 is 15.4 Å². The molecule has 4 nitrogen and oxygen atoms in total. The maximum absolute atomic E-state index is 13.2. The molecule has 0 unspecified atom stereocenters. The van der Waals surface area contributed by atoms with E-state index in [9.17, 15) is 9.50 Å². The number of hydrogen-bond donors (Lipinski definition) is 2. The van der Waals surface area contributed by atoms with Crippen molar-refractivity contribution in [1.29, 1.82) is 0 Å². The van der Waals surface area contributed by atoms with Crippen molar-refractivity contribution in [2.75, 3.05) is 5.73 Å². The number of nitrogens with zero attached hydrogens (tertiary/aromatic N) is 2. The summed E-state index contributed by atoms with van der Waals surface area (Å²) in [7, 11) is 1.84. The van der Waals surface area contributed by atoms with Gasteiger partial charge in [-0.2, -0.15) is 0 Å². The molecule has 3 N–H and O–H groups in total. The zero-order valence-corrected chi connectivity index (χ0v) is 10.3. The zero-order chi connectivity index (χ0) is 13.6. The van der Waals surface area contributed by atoms with Crippen LogP contribution in [0.5, 0.6) is 5.75 Å². The molecule has 0 aliphatic carbocycles. The third-order valence-corrected chi connectivity index (χ3v) is 3.13. The van der Waals surface area contributed by atoms with Gasteiger partial charge in [-0.15, -0.1) is 0 Å². The molecule has 1 heterocycles. The number of aromatic hydroxyl groups is 1. The van der Waals surface area contributed by atoms with Gasteiger partial charge in [-0.3, -0.25) is 0 Å². The van der Waals surface area contributed by atoms with Crippen LogP contribution in [0.3, 0.4) is 0 Å². The number of aryl methyl sites for hydroxylation is 1. The molecule has 5 heteroatoms. The van der Waals surface area contributed by atoms with Gasteiger partial charge in [0.2, 0.25) is 0 Å². The molecular formula is C14H12FN3O. The molecule has 3 aromatic rings. The van der Waals surface area contributed by atoms with E-state index in [0.29, 0.717) is 17.0 Å². The van der Waals surface area contributed by atoms with Gasteiger partial charge in [-0.05, 0) is 30.3 Å². The molecule has 2 aromatic carbocycles. The van der Waals surface area contributed by atoms with Gasteiger partial charge in [-0.25, -0.2) is 9.37 Å². The Labute approximate surface area is 108 Å². The molecule has 0 saturated carbocycles. The van der Waals surface area contributed by atoms with Crippen LogP contribution < -0.4 is 5.73 Å². The van der Waals surface area contributed by atoms with E-state index in [1.807, 2.05) is 11.6 Å². The Morgan fingerprint density at radius 2 is 2.00 bits per heavy atom. The summed E-state index contributed by atoms with van der Waals surface area (Å²) in [5, 5.41) is 9.65. The van der Waals surface area contributed by atoms with E-state index in [2.05, 4.69) is 4.98 Å². The first-order chi connectivity index (χ1) is 9.06. The fourth-order valence-corrected chi connectivity index (χ4v) is 2.11. The van der Waals surface area contributed by atoms with Gasteiger partial charge >= 0.3 is 0 Å². The molecule has 96 valence electrons. The van der Waals surface area contributed by atoms with Crippen LogP contribution >= 0.6 is 0 Å². The van der Waals surface area contributed by atoms with Crippen molar-refractivity contribution in [2.24, 2.45) is 7.05 Å². The summed E-state index contributed by atoms with van der Waals surface area (Å²) in [6.45, 7) is 0. The number of aromatic nitrogens is 2. The second-order valence-corrected chi connectivity index (χ2v) is 4.40. The maximum atomic E-state index is 13.2. The number of nitrogens with two attached hydrogens (primary N) is 1. The Balaban J connectivity index is 2.24. The molecule has 0 saturated heterocycles. The molecule has 1 aromatic heterocycles. The normalized spacial score (nSPS) is 11.1. The van der Waals surface area contributed by atoms with Crippen molar-refractivity contribution < 1.29 is 9.50 Å². The molecular weight excluding hydrogens is 245 g/mol. The molecule has 0 spiro atoms. The van der Waals surface area contributed by atoms with Crippen LogP contribution in [-0.4, -0.2) is 14.7 Å². The second-order valence-electron chi connectivity index (χ2n) is 4.40. The minimum atomic E-state index is -0.322. The monoisotopic (exact) mass is 257 g/mol. The lowest BCUT2D eigenvalue weighted by Crippen LogP contribution is -1.93. The predicted octanol–water partition coefficient (Wildman–Crippen LogP) is 2.67. The summed E-state index contributed by atoms with van der Waals surface area (Å²) in [5.74, 6) is 0.337. The van der Waals surface area contributed by atoms with E-state index in [-0.39, 0.29) is 11.6 Å². The average molecular weight is 257 g/mol. The van der Waals surface area contributed by atoms with Crippen molar-refractivity contribution in [3.05, 3.63) is 42.2 Å². The van der Waals surface area contributed by atoms with Crippen molar-refractivity contribution >= 4 is 16.7 Å². The van der Waals surface area contributed by atoms with Crippen LogP contribution in [0.25, 0.3) is 22.4 Å². The first-order valence-corrected chi connectivity index (χ1v) is 5.77. The molecule has 0 fully saturated rings. The number of halogens is 1. The number of anilines is 1. The smallest absolute Gasteiger partial charge is 0.140 e. The summed E-state index contributed by atoms with van der Waals surface area (Å²) in [5.41, 5.74) is 8.02. The van der Waals surface area contributed by atoms with Gasteiger partial charge in [0.15, 0.2) is 0 Å². The standard InChI is InChI=1S/C14H12FN3O/c1-18-12-5-3-9(15)7-11(12)17-14(18)8-2-4-10(16)13(19)6-8/h2-7,19H,16H2,1H3. The minimum absolute atomic E-state index is 0.00994. The largest absolute Gasteiger partial charge is 0.506 e. The van der Waals surface area contributed by atoms with E-state index in [4.69, 9.17) is 5.73 Å². The first kappa shape index (κ1) is 11.5. The third kappa shape index (κ3) is 1.79. The second kappa shape index (κ2) is 3.98. The van der Waals surface area contributed by atoms with Crippen LogP contribution in [0, 0.1) is 5.82 Å². The van der Waals surface area contributed by atoms with E-state index >= 15 is 0 Å². The molecule has 0 bridgehead atoms. The molecule has 3 rings (SSSR count). The molecule has 0 aliphatic rings. The Morgan fingerprint density at radius 1 is 1.21 bits per heavy atom. The maximum Gasteiger partial charge on any atom is 0.140 e. The Kier molecular flexibility index (Phi) is 2.41. The summed E-state index contributed by atoms with van der Waals surface area (Å²) in [4.78, 5) is 4.39. The molecule has 0 radical (unpaired) electrons. The van der Waals surface area contributed by atoms with E-state index in [1.54, 1.807) is 24.3 Å². The van der Waals surface area contributed by atoms with Crippen LogP contribution in [0.2, 0.25) is 0 Å². The molecule has 0 atom stereocenters. The Bertz CT molecular complexity index is 780. The fraction of sp³-hybridized carbons (Fsp3) is 0.0714. The van der Waals surface area contributed by atoms with Crippen molar-refractivity contribution in [1.82, 2.24) is 9.55 Å². The Morgan fingerprint density at radius 3 is 2.74 bits per heavy atom. The molecule has 19 heavy (non-hydrogen) atoms. The highest BCUT2D eigenvalue weighted by Crippen LogP contribution is 2.29. The number of nitrogen functional groups attached to an aromatic ring is 1. The summed E-state index contributed by atoms with van der Waals surface area (Å²) < 4.78 is 15.0. The van der Waals surface area contributed by atoms with Gasteiger partial charge in [-0.1, -0.05) is 0 Å². The van der Waals surface area contributed by atoms with E-state index in [1.165, 1.54) is 12.1 Å². The number of fused-ring (bicyclic) bond motifs is 1. The highest BCUT2D eigenvalue weighted by Gasteiger charge is 2.11. The van der Waals surface area contributed by atoms with Crippen LogP contribution in [0.1, 0.15) is 0 Å². The van der Waals surface area contributed by atoms with Crippen molar-refractivity contribution in [3.8, 4) is 17.1 Å². The number of phenolic OH excluding ortho intramolecular Hbond substituents is 1. The third-order valence-electron chi connectivity index (χ3n) is 3.13. The van der Waals surface area contributed by atoms with Crippen molar-refractivity contribution in [2.45, 2.75) is 0 Å². The van der Waals surface area contributed by atoms with Gasteiger partial charge in [0.05, 0.1) is 16.7 Å². The molecule has 0 aliphatic heterocycles. The lowest BCUT2D eigenvalue weighted by Gasteiger charge is -2.04. The fourth-order valence-electron chi connectivity index (χ4n) is 2.11. The number of imidazole rings is 1. The summed E-state index contributed by atoms with van der Waals surface area (Å²) in [6.07, 6.45) is 0. The van der Waals surface area contributed by atoms with Crippen LogP contribution in [0.4, 0.5) is 10.1 Å². The Hall–Kier alpha value is -2.56. The van der Waals surface area contributed by atoms with Crippen LogP contribution in [0.15, 0.2) is 36.4 Å². The summed E-state index contributed by atoms with van der Waals surface area (Å²) >= 11 is 0. The van der Waals surface area contributed by atoms with E-state index in [0.717, 1.165) is 11.1 Å². The van der Waals surface area contributed by atoms with Crippen molar-refractivity contribution in [3.63, 3.8) is 0 Å².